The molecule has 0 saturated carbocycles. The number of hydrogen-bond donors (Lipinski definition) is 3. The second kappa shape index (κ2) is 8.24. The van der Waals surface area contributed by atoms with Crippen LogP contribution >= 0.6 is 0 Å². The van der Waals surface area contributed by atoms with Crippen molar-refractivity contribution < 1.29 is 24.8 Å². The molecule has 3 N–H and O–H groups in total. The summed E-state index contributed by atoms with van der Waals surface area (Å²) >= 11 is 0. The molecule has 2 aromatic carbocycles. The summed E-state index contributed by atoms with van der Waals surface area (Å²) < 4.78 is 11.8. The van der Waals surface area contributed by atoms with E-state index in [0.29, 0.717) is 5.90 Å². The molecule has 2 heterocycles. The van der Waals surface area contributed by atoms with Crippen molar-refractivity contribution in [2.75, 3.05) is 25.6 Å². The molecule has 2 aliphatic heterocycles. The van der Waals surface area contributed by atoms with Crippen LogP contribution in [0.25, 0.3) is 0 Å². The van der Waals surface area contributed by atoms with Crippen LogP contribution in [0.4, 0.5) is 5.69 Å². The van der Waals surface area contributed by atoms with Crippen molar-refractivity contribution in [3.8, 4) is 0 Å². The Hall–Kier alpha value is -2.45. The number of aliphatic hydroxyl groups is 3. The second-order valence-corrected chi connectivity index (χ2v) is 8.56. The minimum Gasteiger partial charge on any atom is -0.469 e. The first-order valence-electron chi connectivity index (χ1n) is 10.5. The highest BCUT2D eigenvalue weighted by Gasteiger charge is 2.59. The summed E-state index contributed by atoms with van der Waals surface area (Å²) in [6, 6.07) is 14.3. The molecule has 1 saturated heterocycles. The molecule has 166 valence electrons. The molecule has 0 aromatic heterocycles. The Balaban J connectivity index is 1.70. The van der Waals surface area contributed by atoms with Gasteiger partial charge in [0.15, 0.2) is 12.0 Å². The first-order chi connectivity index (χ1) is 14.7. The Morgan fingerprint density at radius 3 is 2.39 bits per heavy atom. The Labute approximate surface area is 182 Å². The normalized spacial score (nSPS) is 29.8. The molecule has 0 aliphatic carbocycles. The molecule has 0 radical (unpaired) electrons. The van der Waals surface area contributed by atoms with E-state index in [9.17, 15) is 15.3 Å². The number of anilines is 1. The SMILES string of the molecule is CC1=NC2(c3ccc(C)c(Cc4ccc(N(C)C)cc4)c3)O[C@H](CO)[C@@H](O)[C@H](O)C2O1. The van der Waals surface area contributed by atoms with Crippen molar-refractivity contribution in [1.82, 2.24) is 0 Å². The molecule has 0 spiro atoms. The molecule has 7 heteroatoms. The van der Waals surface area contributed by atoms with Crippen LogP contribution in [0.2, 0.25) is 0 Å². The van der Waals surface area contributed by atoms with Crippen LogP contribution in [0.3, 0.4) is 0 Å². The van der Waals surface area contributed by atoms with Crippen molar-refractivity contribution in [1.29, 1.82) is 0 Å². The minimum absolute atomic E-state index is 0.372. The number of fused-ring (bicyclic) bond motifs is 1. The van der Waals surface area contributed by atoms with Crippen LogP contribution in [-0.2, 0) is 21.6 Å². The molecule has 0 bridgehead atoms. The zero-order valence-corrected chi connectivity index (χ0v) is 18.3. The smallest absolute Gasteiger partial charge is 0.228 e. The van der Waals surface area contributed by atoms with Gasteiger partial charge in [-0.15, -0.1) is 0 Å². The van der Waals surface area contributed by atoms with Crippen LogP contribution in [0.5, 0.6) is 0 Å². The summed E-state index contributed by atoms with van der Waals surface area (Å²) in [5, 5.41) is 30.7. The van der Waals surface area contributed by atoms with E-state index >= 15 is 0 Å². The third kappa shape index (κ3) is 3.83. The van der Waals surface area contributed by atoms with Gasteiger partial charge in [0.05, 0.1) is 6.61 Å². The van der Waals surface area contributed by atoms with E-state index < -0.39 is 36.7 Å². The highest BCUT2D eigenvalue weighted by Crippen LogP contribution is 2.45. The molecular formula is C24H30N2O5. The fourth-order valence-corrected chi connectivity index (χ4v) is 4.34. The molecule has 31 heavy (non-hydrogen) atoms. The van der Waals surface area contributed by atoms with E-state index in [0.717, 1.165) is 28.8 Å². The van der Waals surface area contributed by atoms with Gasteiger partial charge in [-0.3, -0.25) is 0 Å². The molecular weight excluding hydrogens is 396 g/mol. The van der Waals surface area contributed by atoms with Crippen LogP contribution in [-0.4, -0.2) is 66.3 Å². The lowest BCUT2D eigenvalue weighted by molar-refractivity contribution is -0.262. The van der Waals surface area contributed by atoms with E-state index in [1.807, 2.05) is 32.3 Å². The lowest BCUT2D eigenvalue weighted by Gasteiger charge is -2.44. The Morgan fingerprint density at radius 2 is 1.74 bits per heavy atom. The second-order valence-electron chi connectivity index (χ2n) is 8.56. The van der Waals surface area contributed by atoms with E-state index in [2.05, 4.69) is 41.1 Å². The van der Waals surface area contributed by atoms with Crippen molar-refractivity contribution in [3.63, 3.8) is 0 Å². The maximum Gasteiger partial charge on any atom is 0.228 e. The first-order valence-corrected chi connectivity index (χ1v) is 10.5. The van der Waals surface area contributed by atoms with Gasteiger partial charge in [0, 0.05) is 32.3 Å². The van der Waals surface area contributed by atoms with Gasteiger partial charge >= 0.3 is 0 Å². The number of benzene rings is 2. The Morgan fingerprint density at radius 1 is 1.03 bits per heavy atom. The van der Waals surface area contributed by atoms with Crippen molar-refractivity contribution in [2.45, 2.75) is 50.4 Å². The molecule has 2 unspecified atom stereocenters. The van der Waals surface area contributed by atoms with E-state index in [1.54, 1.807) is 6.92 Å². The van der Waals surface area contributed by atoms with Gasteiger partial charge in [0.2, 0.25) is 5.72 Å². The average molecular weight is 427 g/mol. The van der Waals surface area contributed by atoms with Gasteiger partial charge in [-0.25, -0.2) is 4.99 Å². The van der Waals surface area contributed by atoms with Gasteiger partial charge in [-0.2, -0.15) is 0 Å². The Bertz CT molecular complexity index is 974. The van der Waals surface area contributed by atoms with Gasteiger partial charge in [-0.1, -0.05) is 30.3 Å². The molecule has 2 aromatic rings. The summed E-state index contributed by atoms with van der Waals surface area (Å²) in [6.45, 7) is 3.31. The highest BCUT2D eigenvalue weighted by atomic mass is 16.6. The fraction of sp³-hybridized carbons (Fsp3) is 0.458. The summed E-state index contributed by atoms with van der Waals surface area (Å²) in [7, 11) is 4.03. The number of hydrogen-bond acceptors (Lipinski definition) is 7. The van der Waals surface area contributed by atoms with Gasteiger partial charge < -0.3 is 29.7 Å². The molecule has 7 nitrogen and oxygen atoms in total. The Kier molecular flexibility index (Phi) is 5.79. The number of ether oxygens (including phenoxy) is 2. The van der Waals surface area contributed by atoms with E-state index in [-0.39, 0.29) is 0 Å². The number of aryl methyl sites for hydroxylation is 1. The number of rotatable bonds is 5. The summed E-state index contributed by atoms with van der Waals surface area (Å²) in [5.41, 5.74) is 3.96. The molecule has 1 fully saturated rings. The minimum atomic E-state index is -1.31. The first kappa shape index (κ1) is 21.8. The summed E-state index contributed by atoms with van der Waals surface area (Å²) in [4.78, 5) is 6.65. The zero-order valence-electron chi connectivity index (χ0n) is 18.3. The number of aliphatic hydroxyl groups excluding tert-OH is 3. The fourth-order valence-electron chi connectivity index (χ4n) is 4.34. The van der Waals surface area contributed by atoms with Crippen LogP contribution in [0.1, 0.15) is 29.2 Å². The molecule has 0 amide bonds. The van der Waals surface area contributed by atoms with Crippen LogP contribution in [0.15, 0.2) is 47.5 Å². The summed E-state index contributed by atoms with van der Waals surface area (Å²) in [6.07, 6.45) is -3.63. The number of nitrogens with zero attached hydrogens (tertiary/aromatic N) is 2. The molecule has 4 rings (SSSR count). The number of aliphatic imine (C=N–C) groups is 1. The maximum atomic E-state index is 10.7. The highest BCUT2D eigenvalue weighted by molar-refractivity contribution is 5.76. The van der Waals surface area contributed by atoms with E-state index in [4.69, 9.17) is 9.47 Å². The van der Waals surface area contributed by atoms with Crippen LogP contribution in [0, 0.1) is 6.92 Å². The quantitative estimate of drug-likeness (QED) is 0.674. The van der Waals surface area contributed by atoms with Crippen molar-refractivity contribution >= 4 is 11.6 Å². The van der Waals surface area contributed by atoms with Crippen molar-refractivity contribution in [2.24, 2.45) is 4.99 Å². The standard InChI is InChI=1S/C24H30N2O5/c1-14-5-8-18(12-17(14)11-16-6-9-19(10-7-16)26(3)4)24-23(30-15(2)25-24)22(29)21(28)20(13-27)31-24/h5-10,12,20-23,27-29H,11,13H2,1-4H3/t20-,21-,22+,23?,24?/m1/s1. The molecule has 5 atom stereocenters. The maximum absolute atomic E-state index is 10.7. The molecule has 2 aliphatic rings. The average Bonchev–Trinajstić information content (AvgIpc) is 3.10. The van der Waals surface area contributed by atoms with Crippen molar-refractivity contribution in [3.05, 3.63) is 64.7 Å². The topological polar surface area (TPSA) is 94.8 Å². The predicted octanol–water partition coefficient (Wildman–Crippen LogP) is 1.73. The van der Waals surface area contributed by atoms with Gasteiger partial charge in [0.25, 0.3) is 0 Å². The third-order valence-corrected chi connectivity index (χ3v) is 6.17. The lowest BCUT2D eigenvalue weighted by atomic mass is 9.85. The zero-order chi connectivity index (χ0) is 22.3. The van der Waals surface area contributed by atoms with Gasteiger partial charge in [0.1, 0.15) is 18.3 Å². The largest absolute Gasteiger partial charge is 0.469 e. The van der Waals surface area contributed by atoms with Gasteiger partial charge in [-0.05, 0) is 42.2 Å². The monoisotopic (exact) mass is 426 g/mol. The summed E-state index contributed by atoms with van der Waals surface area (Å²) in [5.74, 6) is 0.372. The third-order valence-electron chi connectivity index (χ3n) is 6.17. The predicted molar refractivity (Wildman–Crippen MR) is 118 cm³/mol. The lowest BCUT2D eigenvalue weighted by Crippen LogP contribution is -2.61. The van der Waals surface area contributed by atoms with E-state index in [1.165, 1.54) is 5.56 Å². The van der Waals surface area contributed by atoms with Crippen LogP contribution < -0.4 is 4.90 Å².